The highest BCUT2D eigenvalue weighted by molar-refractivity contribution is 5.92. The van der Waals surface area contributed by atoms with Crippen LogP contribution in [0.5, 0.6) is 5.75 Å². The molecular formula is C35H37NO9. The van der Waals surface area contributed by atoms with Crippen molar-refractivity contribution in [3.05, 3.63) is 114 Å². The molecule has 0 bridgehead atoms. The first-order valence-electron chi connectivity index (χ1n) is 14.8. The third kappa shape index (κ3) is 7.07. The summed E-state index contributed by atoms with van der Waals surface area (Å²) < 4.78 is 11.6. The summed E-state index contributed by atoms with van der Waals surface area (Å²) in [6.45, 7) is -1.40. The lowest BCUT2D eigenvalue weighted by molar-refractivity contribution is -0.164. The second kappa shape index (κ2) is 14.7. The molecule has 0 radical (unpaired) electrons. The van der Waals surface area contributed by atoms with E-state index in [0.717, 1.165) is 21.9 Å². The van der Waals surface area contributed by atoms with E-state index in [0.29, 0.717) is 5.75 Å². The maximum Gasteiger partial charge on any atom is 0.315 e. The van der Waals surface area contributed by atoms with E-state index in [1.165, 1.54) is 0 Å². The summed E-state index contributed by atoms with van der Waals surface area (Å²) in [7, 11) is 0. The smallest absolute Gasteiger partial charge is 0.315 e. The lowest BCUT2D eigenvalue weighted by atomic mass is 9.52. The number of ether oxygens (including phenoxy) is 2. The molecule has 0 heterocycles. The van der Waals surface area contributed by atoms with Crippen LogP contribution in [0.4, 0.5) is 0 Å². The van der Waals surface area contributed by atoms with Gasteiger partial charge in [-0.05, 0) is 22.6 Å². The van der Waals surface area contributed by atoms with Crippen molar-refractivity contribution in [2.75, 3.05) is 19.9 Å². The molecule has 0 amide bonds. The predicted molar refractivity (Wildman–Crippen MR) is 165 cm³/mol. The molecule has 0 aliphatic heterocycles. The van der Waals surface area contributed by atoms with Crippen molar-refractivity contribution in [3.8, 4) is 5.75 Å². The maximum absolute atomic E-state index is 14.0. The van der Waals surface area contributed by atoms with Crippen molar-refractivity contribution in [2.45, 2.75) is 36.3 Å². The SMILES string of the molecule is O=C(OCNC[C@H](O)[C@@H](O)[C@H](O)[C@H](O)CO)C1[C@@H](c2ccccc2)C(C(=O)Oc2cccc3ccccc23)[C@@H]1c1ccccc1. The Morgan fingerprint density at radius 3 is 1.82 bits per heavy atom. The highest BCUT2D eigenvalue weighted by Crippen LogP contribution is 2.58. The number of aliphatic hydroxyl groups is 5. The van der Waals surface area contributed by atoms with E-state index in [-0.39, 0.29) is 13.3 Å². The minimum atomic E-state index is -1.77. The van der Waals surface area contributed by atoms with Crippen LogP contribution in [0.2, 0.25) is 0 Å². The number of carbonyl (C=O) groups is 2. The Morgan fingerprint density at radius 2 is 1.20 bits per heavy atom. The molecule has 236 valence electrons. The van der Waals surface area contributed by atoms with E-state index >= 15 is 0 Å². The van der Waals surface area contributed by atoms with Gasteiger partial charge in [-0.3, -0.25) is 14.9 Å². The van der Waals surface area contributed by atoms with Crippen molar-refractivity contribution in [1.29, 1.82) is 0 Å². The summed E-state index contributed by atoms with van der Waals surface area (Å²) >= 11 is 0. The molecule has 4 aromatic carbocycles. The second-order valence-corrected chi connectivity index (χ2v) is 11.2. The van der Waals surface area contributed by atoms with Gasteiger partial charge in [0.1, 0.15) is 30.8 Å². The van der Waals surface area contributed by atoms with Gasteiger partial charge in [-0.2, -0.15) is 0 Å². The molecule has 0 spiro atoms. The monoisotopic (exact) mass is 615 g/mol. The summed E-state index contributed by atoms with van der Waals surface area (Å²) in [5.74, 6) is -3.12. The van der Waals surface area contributed by atoms with E-state index in [4.69, 9.17) is 14.6 Å². The molecule has 0 unspecified atom stereocenters. The molecule has 0 saturated heterocycles. The van der Waals surface area contributed by atoms with E-state index in [1.54, 1.807) is 6.07 Å². The summed E-state index contributed by atoms with van der Waals surface area (Å²) in [5, 5.41) is 53.0. The number of esters is 2. The van der Waals surface area contributed by atoms with Crippen LogP contribution in [-0.4, -0.2) is 81.8 Å². The first kappa shape index (κ1) is 32.2. The lowest BCUT2D eigenvalue weighted by Crippen LogP contribution is -2.53. The van der Waals surface area contributed by atoms with Crippen LogP contribution in [0.3, 0.4) is 0 Å². The Balaban J connectivity index is 1.36. The van der Waals surface area contributed by atoms with Crippen molar-refractivity contribution in [2.24, 2.45) is 11.8 Å². The molecule has 6 N–H and O–H groups in total. The predicted octanol–water partition coefficient (Wildman–Crippen LogP) is 2.09. The Hall–Kier alpha value is -4.16. The topological polar surface area (TPSA) is 166 Å². The van der Waals surface area contributed by atoms with Crippen molar-refractivity contribution in [3.63, 3.8) is 0 Å². The van der Waals surface area contributed by atoms with E-state index in [1.807, 2.05) is 97.1 Å². The molecule has 4 aromatic rings. The Labute approximate surface area is 260 Å². The summed E-state index contributed by atoms with van der Waals surface area (Å²) in [6, 6.07) is 31.7. The second-order valence-electron chi connectivity index (χ2n) is 11.2. The largest absolute Gasteiger partial charge is 0.449 e. The third-order valence-electron chi connectivity index (χ3n) is 8.42. The standard InChI is InChI=1S/C35H37NO9/c37-19-26(39)33(41)32(40)25(38)18-36-20-44-34(42)30-28(22-11-3-1-4-12-22)31(29(30)23-13-5-2-6-14-23)35(43)45-27-17-9-15-21-10-7-8-16-24(21)27/h1-17,25-26,28-33,36-41H,18-20H2/t25-,26+,28+,29+,30?,31?,32+,33+/m0/s1. The molecule has 10 heteroatoms. The summed E-state index contributed by atoms with van der Waals surface area (Å²) in [6.07, 6.45) is -6.67. The number of benzene rings is 4. The zero-order valence-electron chi connectivity index (χ0n) is 24.4. The minimum Gasteiger partial charge on any atom is -0.449 e. The number of rotatable bonds is 13. The van der Waals surface area contributed by atoms with E-state index < -0.39 is 66.6 Å². The zero-order valence-corrected chi connectivity index (χ0v) is 24.4. The van der Waals surface area contributed by atoms with Gasteiger partial charge in [-0.15, -0.1) is 0 Å². The number of aliphatic hydroxyl groups excluding tert-OH is 5. The molecule has 6 atom stereocenters. The van der Waals surface area contributed by atoms with E-state index in [9.17, 15) is 30.0 Å². The average molecular weight is 616 g/mol. The van der Waals surface area contributed by atoms with Crippen LogP contribution in [0.1, 0.15) is 23.0 Å². The van der Waals surface area contributed by atoms with Crippen molar-refractivity contribution < 1.29 is 44.6 Å². The van der Waals surface area contributed by atoms with Crippen molar-refractivity contribution in [1.82, 2.24) is 5.32 Å². The molecule has 1 saturated carbocycles. The van der Waals surface area contributed by atoms with Crippen LogP contribution < -0.4 is 10.1 Å². The quantitative estimate of drug-likeness (QED) is 0.0568. The normalized spacial score (nSPS) is 22.1. The highest BCUT2D eigenvalue weighted by atomic mass is 16.5. The number of nitrogens with one attached hydrogen (secondary N) is 1. The third-order valence-corrected chi connectivity index (χ3v) is 8.42. The lowest BCUT2D eigenvalue weighted by Gasteiger charge is -2.49. The Bertz CT molecular complexity index is 1510. The molecule has 5 rings (SSSR count). The number of hydrogen-bond donors (Lipinski definition) is 6. The van der Waals surface area contributed by atoms with Crippen LogP contribution >= 0.6 is 0 Å². The zero-order chi connectivity index (χ0) is 31.9. The number of fused-ring (bicyclic) bond motifs is 1. The first-order valence-corrected chi connectivity index (χ1v) is 14.8. The summed E-state index contributed by atoms with van der Waals surface area (Å²) in [4.78, 5) is 27.7. The molecule has 1 aliphatic carbocycles. The Morgan fingerprint density at radius 1 is 0.667 bits per heavy atom. The van der Waals surface area contributed by atoms with Crippen LogP contribution in [0, 0.1) is 11.8 Å². The van der Waals surface area contributed by atoms with Gasteiger partial charge in [0.25, 0.3) is 0 Å². The fourth-order valence-corrected chi connectivity index (χ4v) is 6.08. The summed E-state index contributed by atoms with van der Waals surface area (Å²) in [5.41, 5.74) is 1.57. The molecule has 0 aromatic heterocycles. The molecule has 1 aliphatic rings. The fraction of sp³-hybridized carbons (Fsp3) is 0.314. The maximum atomic E-state index is 14.0. The van der Waals surface area contributed by atoms with Gasteiger partial charge in [0.15, 0.2) is 0 Å². The van der Waals surface area contributed by atoms with Gasteiger partial charge in [0, 0.05) is 23.8 Å². The molecular weight excluding hydrogens is 578 g/mol. The van der Waals surface area contributed by atoms with Crippen molar-refractivity contribution >= 4 is 22.7 Å². The van der Waals surface area contributed by atoms with Gasteiger partial charge < -0.3 is 35.0 Å². The van der Waals surface area contributed by atoms with Gasteiger partial charge in [-0.1, -0.05) is 97.1 Å². The minimum absolute atomic E-state index is 0.279. The van der Waals surface area contributed by atoms with Crippen LogP contribution in [-0.2, 0) is 14.3 Å². The van der Waals surface area contributed by atoms with Crippen LogP contribution in [0.15, 0.2) is 103 Å². The van der Waals surface area contributed by atoms with Gasteiger partial charge in [0.2, 0.25) is 0 Å². The van der Waals surface area contributed by atoms with Crippen LogP contribution in [0.25, 0.3) is 10.8 Å². The van der Waals surface area contributed by atoms with Gasteiger partial charge >= 0.3 is 11.9 Å². The number of carbonyl (C=O) groups excluding carboxylic acids is 2. The molecule has 10 nitrogen and oxygen atoms in total. The van der Waals surface area contributed by atoms with Gasteiger partial charge in [-0.25, -0.2) is 0 Å². The molecule has 45 heavy (non-hydrogen) atoms. The van der Waals surface area contributed by atoms with Gasteiger partial charge in [0.05, 0.1) is 24.5 Å². The first-order chi connectivity index (χ1) is 21.8. The fourth-order valence-electron chi connectivity index (χ4n) is 6.08. The van der Waals surface area contributed by atoms with E-state index in [2.05, 4.69) is 5.32 Å². The molecule has 1 fully saturated rings. The number of hydrogen-bond acceptors (Lipinski definition) is 10. The highest BCUT2D eigenvalue weighted by Gasteiger charge is 2.59. The Kier molecular flexibility index (Phi) is 10.6. The average Bonchev–Trinajstić information content (AvgIpc) is 3.06.